The minimum absolute atomic E-state index is 0.0311. The average Bonchev–Trinajstić information content (AvgIpc) is 1.82. The molecule has 0 saturated carbocycles. The van der Waals surface area contributed by atoms with Gasteiger partial charge in [-0.05, 0) is 0 Å². The van der Waals surface area contributed by atoms with Crippen molar-refractivity contribution in [2.24, 2.45) is 0 Å². The van der Waals surface area contributed by atoms with Gasteiger partial charge in [0.2, 0.25) is 0 Å². The first-order valence-corrected chi connectivity index (χ1v) is 4.30. The van der Waals surface area contributed by atoms with E-state index in [4.69, 9.17) is 10.2 Å². The molecule has 0 aliphatic heterocycles. The predicted octanol–water partition coefficient (Wildman–Crippen LogP) is -2.53. The van der Waals surface area contributed by atoms with Crippen molar-refractivity contribution in [2.75, 3.05) is 13.2 Å². The number of aliphatic hydroxyl groups excluding tert-OH is 2. The summed E-state index contributed by atoms with van der Waals surface area (Å²) < 4.78 is 3.38. The van der Waals surface area contributed by atoms with Gasteiger partial charge in [0.15, 0.2) is 0 Å². The molecular weight excluding hydrogens is 234 g/mol. The summed E-state index contributed by atoms with van der Waals surface area (Å²) >= 11 is 0.429. The van der Waals surface area contributed by atoms with Crippen molar-refractivity contribution in [1.82, 2.24) is 0 Å². The summed E-state index contributed by atoms with van der Waals surface area (Å²) in [5.74, 6) is -0.647. The van der Waals surface area contributed by atoms with Crippen LogP contribution in [0.2, 0.25) is 0 Å². The van der Waals surface area contributed by atoms with Gasteiger partial charge < -0.3 is 0 Å². The summed E-state index contributed by atoms with van der Waals surface area (Å²) in [5.41, 5.74) is 0. The van der Waals surface area contributed by atoms with Crippen LogP contribution < -0.4 is 0 Å². The molecule has 0 fully saturated rings. The Morgan fingerprint density at radius 1 is 1.78 bits per heavy atom. The van der Waals surface area contributed by atoms with Crippen LogP contribution in [0.25, 0.3) is 0 Å². The van der Waals surface area contributed by atoms with E-state index in [0.29, 0.717) is 23.0 Å². The zero-order valence-electron chi connectivity index (χ0n) is 4.78. The second-order valence-electron chi connectivity index (χ2n) is 1.34. The second-order valence-corrected chi connectivity index (χ2v) is 3.14. The normalized spacial score (nSPS) is 12.8. The van der Waals surface area contributed by atoms with Crippen LogP contribution in [0.1, 0.15) is 0 Å². The van der Waals surface area contributed by atoms with Gasteiger partial charge in [-0.2, -0.15) is 0 Å². The number of ether oxygens (including phenoxy) is 1. The Bertz CT molecular complexity index is 92.6. The number of carbonyl (C=O) groups is 1. The standard InChI is InChI=1S/C4H7O4.Sb.2H/c5-1-2-8-4(7)3-6;;;/h3,5-6H,1-2H2;;;. The van der Waals surface area contributed by atoms with Crippen molar-refractivity contribution >= 4 is 29.0 Å². The number of hydrogen-bond acceptors (Lipinski definition) is 4. The van der Waals surface area contributed by atoms with Crippen molar-refractivity contribution < 1.29 is 19.7 Å². The van der Waals surface area contributed by atoms with E-state index in [-0.39, 0.29) is 13.2 Å². The van der Waals surface area contributed by atoms with E-state index >= 15 is 0 Å². The molecule has 0 saturated heterocycles. The monoisotopic (exact) mass is 242 g/mol. The van der Waals surface area contributed by atoms with Crippen molar-refractivity contribution in [3.05, 3.63) is 0 Å². The third-order valence-corrected chi connectivity index (χ3v) is 1.35. The molecule has 1 atom stereocenters. The first-order chi connectivity index (χ1) is 4.18. The fourth-order valence-corrected chi connectivity index (χ4v) is 0.506. The Kier molecular flexibility index (Phi) is 5.15. The predicted molar refractivity (Wildman–Crippen MR) is 32.6 cm³/mol. The Morgan fingerprint density at radius 2 is 2.33 bits per heavy atom. The summed E-state index contributed by atoms with van der Waals surface area (Å²) in [7, 11) is 0. The molecule has 0 rings (SSSR count). The van der Waals surface area contributed by atoms with Crippen LogP contribution in [-0.2, 0) is 9.53 Å². The van der Waals surface area contributed by atoms with Gasteiger partial charge in [0.05, 0.1) is 0 Å². The minimum atomic E-state index is -0.970. The summed E-state index contributed by atoms with van der Waals surface area (Å²) in [4.78, 5) is 10.4. The van der Waals surface area contributed by atoms with Crippen LogP contribution in [0.3, 0.4) is 0 Å². The summed E-state index contributed by atoms with van der Waals surface area (Å²) in [6.07, 6.45) is 0. The van der Waals surface area contributed by atoms with Crippen molar-refractivity contribution in [3.8, 4) is 0 Å². The third kappa shape index (κ3) is 4.70. The Hall–Kier alpha value is 0.208. The SMILES string of the molecule is O=C(OCCO)[CH](O)[SbH2]. The van der Waals surface area contributed by atoms with Crippen LogP contribution in [0.4, 0.5) is 0 Å². The molecule has 0 aliphatic carbocycles. The maximum absolute atomic E-state index is 10.4. The Morgan fingerprint density at radius 3 is 2.67 bits per heavy atom. The van der Waals surface area contributed by atoms with Crippen LogP contribution in [0.5, 0.6) is 0 Å². The molecule has 0 aromatic carbocycles. The van der Waals surface area contributed by atoms with Gasteiger partial charge in [-0.15, -0.1) is 0 Å². The third-order valence-electron chi connectivity index (χ3n) is 0.577. The second kappa shape index (κ2) is 5.03. The number of esters is 1. The first-order valence-electron chi connectivity index (χ1n) is 2.39. The summed E-state index contributed by atoms with van der Waals surface area (Å²) in [5, 5.41) is 16.7. The molecule has 9 heavy (non-hydrogen) atoms. The number of rotatable bonds is 3. The van der Waals surface area contributed by atoms with E-state index in [0.717, 1.165) is 0 Å². The molecule has 4 nitrogen and oxygen atoms in total. The molecule has 54 valence electrons. The van der Waals surface area contributed by atoms with Gasteiger partial charge >= 0.3 is 66.0 Å². The molecule has 1 unspecified atom stereocenters. The molecule has 0 aromatic rings. The van der Waals surface area contributed by atoms with Gasteiger partial charge in [0, 0.05) is 0 Å². The molecule has 0 amide bonds. The molecule has 5 heteroatoms. The van der Waals surface area contributed by atoms with Crippen LogP contribution in [0.15, 0.2) is 0 Å². The summed E-state index contributed by atoms with van der Waals surface area (Å²) in [6, 6.07) is 0. The first kappa shape index (κ1) is 9.21. The van der Waals surface area contributed by atoms with Gasteiger partial charge in [-0.3, -0.25) is 0 Å². The molecule has 0 aromatic heterocycles. The molecule has 0 radical (unpaired) electrons. The van der Waals surface area contributed by atoms with Crippen LogP contribution >= 0.6 is 0 Å². The topological polar surface area (TPSA) is 66.8 Å². The Balaban J connectivity index is 3.28. The molecule has 0 aliphatic rings. The number of aliphatic hydroxyl groups is 2. The van der Waals surface area contributed by atoms with E-state index < -0.39 is 10.0 Å². The van der Waals surface area contributed by atoms with Gasteiger partial charge in [0.1, 0.15) is 0 Å². The molecule has 2 N–H and O–H groups in total. The number of carbonyl (C=O) groups excluding carboxylic acids is 1. The molecular formula is C4H9O4Sb. The zero-order chi connectivity index (χ0) is 7.28. The van der Waals surface area contributed by atoms with Gasteiger partial charge in [0.25, 0.3) is 0 Å². The molecule has 0 heterocycles. The van der Waals surface area contributed by atoms with E-state index in [1.54, 1.807) is 0 Å². The average molecular weight is 243 g/mol. The summed E-state index contributed by atoms with van der Waals surface area (Å²) in [6.45, 7) is -0.226. The van der Waals surface area contributed by atoms with E-state index in [9.17, 15) is 4.79 Å². The maximum atomic E-state index is 10.4. The molecule has 0 bridgehead atoms. The fraction of sp³-hybridized carbons (Fsp3) is 0.750. The quantitative estimate of drug-likeness (QED) is 0.423. The number of hydrogen-bond donors (Lipinski definition) is 2. The van der Waals surface area contributed by atoms with Crippen LogP contribution in [0, 0.1) is 0 Å². The Labute approximate surface area is 66.3 Å². The van der Waals surface area contributed by atoms with E-state index in [1.165, 1.54) is 0 Å². The fourth-order valence-electron chi connectivity index (χ4n) is 0.232. The van der Waals surface area contributed by atoms with E-state index in [1.807, 2.05) is 0 Å². The van der Waals surface area contributed by atoms with Crippen molar-refractivity contribution in [1.29, 1.82) is 0 Å². The van der Waals surface area contributed by atoms with Crippen molar-refractivity contribution in [3.63, 3.8) is 0 Å². The van der Waals surface area contributed by atoms with E-state index in [2.05, 4.69) is 4.74 Å². The molecule has 0 spiro atoms. The van der Waals surface area contributed by atoms with Crippen molar-refractivity contribution in [2.45, 2.75) is 4.05 Å². The van der Waals surface area contributed by atoms with Gasteiger partial charge in [-0.25, -0.2) is 0 Å². The van der Waals surface area contributed by atoms with Gasteiger partial charge in [-0.1, -0.05) is 0 Å². The van der Waals surface area contributed by atoms with Crippen LogP contribution in [-0.4, -0.2) is 56.5 Å². The zero-order valence-corrected chi connectivity index (χ0v) is 8.08.